The average Bonchev–Trinajstić information content (AvgIpc) is 2.78. The van der Waals surface area contributed by atoms with Crippen LogP contribution in [-0.2, 0) is 6.61 Å². The summed E-state index contributed by atoms with van der Waals surface area (Å²) < 4.78 is 5.91. The first-order valence-corrected chi connectivity index (χ1v) is 9.61. The number of para-hydroxylation sites is 1. The zero-order valence-electron chi connectivity index (χ0n) is 16.2. The van der Waals surface area contributed by atoms with Crippen molar-refractivity contribution >= 4 is 16.7 Å². The van der Waals surface area contributed by atoms with Crippen LogP contribution in [0.4, 0.5) is 0 Å². The number of carbonyl (C=O) groups excluding carboxylic acids is 1. The van der Waals surface area contributed by atoms with Gasteiger partial charge in [0, 0.05) is 12.4 Å². The topological polar surface area (TPSA) is 51.2 Å². The Morgan fingerprint density at radius 2 is 1.66 bits per heavy atom. The summed E-state index contributed by atoms with van der Waals surface area (Å²) in [4.78, 5) is 17.0. The Balaban J connectivity index is 1.52. The quantitative estimate of drug-likeness (QED) is 0.492. The van der Waals surface area contributed by atoms with Gasteiger partial charge in [-0.3, -0.25) is 9.78 Å². The van der Waals surface area contributed by atoms with Gasteiger partial charge >= 0.3 is 0 Å². The summed E-state index contributed by atoms with van der Waals surface area (Å²) in [5.74, 6) is 0.405. The van der Waals surface area contributed by atoms with E-state index in [4.69, 9.17) is 4.74 Å². The lowest BCUT2D eigenvalue weighted by molar-refractivity contribution is 0.0935. The molecule has 0 aliphatic heterocycles. The van der Waals surface area contributed by atoms with Crippen LogP contribution >= 0.6 is 0 Å². The number of hydrogen-bond donors (Lipinski definition) is 1. The molecule has 0 fully saturated rings. The van der Waals surface area contributed by atoms with Crippen LogP contribution in [0.25, 0.3) is 10.8 Å². The molecule has 0 spiro atoms. The van der Waals surface area contributed by atoms with E-state index in [-0.39, 0.29) is 11.9 Å². The first-order chi connectivity index (χ1) is 14.2. The van der Waals surface area contributed by atoms with Crippen LogP contribution in [0.1, 0.15) is 34.5 Å². The minimum atomic E-state index is -0.157. The molecule has 4 rings (SSSR count). The van der Waals surface area contributed by atoms with Crippen LogP contribution in [0.5, 0.6) is 5.75 Å². The SMILES string of the molecule is CC(NC(=O)c1ccccc1OCc1ccncc1)c1cccc2ccccc12. The molecule has 1 aromatic heterocycles. The molecule has 29 heavy (non-hydrogen) atoms. The number of ether oxygens (including phenoxy) is 1. The van der Waals surface area contributed by atoms with Gasteiger partial charge in [0.05, 0.1) is 11.6 Å². The smallest absolute Gasteiger partial charge is 0.255 e. The molecule has 1 N–H and O–H groups in total. The molecular weight excluding hydrogens is 360 g/mol. The van der Waals surface area contributed by atoms with Gasteiger partial charge in [0.2, 0.25) is 0 Å². The highest BCUT2D eigenvalue weighted by atomic mass is 16.5. The predicted octanol–water partition coefficient (Wildman–Crippen LogP) is 5.30. The summed E-state index contributed by atoms with van der Waals surface area (Å²) >= 11 is 0. The Bertz CT molecular complexity index is 1120. The zero-order chi connectivity index (χ0) is 20.1. The van der Waals surface area contributed by atoms with E-state index in [1.807, 2.05) is 55.5 Å². The van der Waals surface area contributed by atoms with Gasteiger partial charge in [-0.15, -0.1) is 0 Å². The largest absolute Gasteiger partial charge is 0.488 e. The van der Waals surface area contributed by atoms with E-state index >= 15 is 0 Å². The van der Waals surface area contributed by atoms with E-state index in [1.54, 1.807) is 18.5 Å². The lowest BCUT2D eigenvalue weighted by atomic mass is 9.99. The molecule has 0 radical (unpaired) electrons. The molecule has 4 nitrogen and oxygen atoms in total. The van der Waals surface area contributed by atoms with Crippen LogP contribution in [0.15, 0.2) is 91.3 Å². The second-order valence-electron chi connectivity index (χ2n) is 6.90. The first kappa shape index (κ1) is 18.7. The maximum absolute atomic E-state index is 13.0. The molecule has 4 heteroatoms. The van der Waals surface area contributed by atoms with Gasteiger partial charge in [-0.05, 0) is 53.1 Å². The fourth-order valence-electron chi connectivity index (χ4n) is 3.40. The van der Waals surface area contributed by atoms with Crippen LogP contribution in [-0.4, -0.2) is 10.9 Å². The molecule has 4 aromatic rings. The molecule has 1 heterocycles. The number of nitrogens with zero attached hydrogens (tertiary/aromatic N) is 1. The summed E-state index contributed by atoms with van der Waals surface area (Å²) in [6, 6.07) is 25.3. The standard InChI is InChI=1S/C25H22N2O2/c1-18(21-11-6-8-20-7-2-3-9-22(20)21)27-25(28)23-10-4-5-12-24(23)29-17-19-13-15-26-16-14-19/h2-16,18H,17H2,1H3,(H,27,28). The van der Waals surface area contributed by atoms with E-state index in [9.17, 15) is 4.79 Å². The van der Waals surface area contributed by atoms with E-state index in [0.29, 0.717) is 17.9 Å². The highest BCUT2D eigenvalue weighted by molar-refractivity contribution is 5.97. The number of benzene rings is 3. The van der Waals surface area contributed by atoms with Gasteiger partial charge < -0.3 is 10.1 Å². The van der Waals surface area contributed by atoms with Gasteiger partial charge in [0.25, 0.3) is 5.91 Å². The fraction of sp³-hybridized carbons (Fsp3) is 0.120. The van der Waals surface area contributed by atoms with Crippen LogP contribution < -0.4 is 10.1 Å². The molecule has 144 valence electrons. The first-order valence-electron chi connectivity index (χ1n) is 9.61. The zero-order valence-corrected chi connectivity index (χ0v) is 16.2. The van der Waals surface area contributed by atoms with Crippen molar-refractivity contribution in [2.75, 3.05) is 0 Å². The molecule has 0 aliphatic carbocycles. The molecule has 0 saturated heterocycles. The van der Waals surface area contributed by atoms with Gasteiger partial charge in [-0.2, -0.15) is 0 Å². The number of amides is 1. The normalized spacial score (nSPS) is 11.8. The highest BCUT2D eigenvalue weighted by Crippen LogP contribution is 2.25. The van der Waals surface area contributed by atoms with Crippen molar-refractivity contribution in [2.24, 2.45) is 0 Å². The van der Waals surface area contributed by atoms with E-state index in [1.165, 1.54) is 0 Å². The average molecular weight is 382 g/mol. The number of carbonyl (C=O) groups is 1. The van der Waals surface area contributed by atoms with Gasteiger partial charge in [0.1, 0.15) is 12.4 Å². The third-order valence-electron chi connectivity index (χ3n) is 4.91. The van der Waals surface area contributed by atoms with E-state index < -0.39 is 0 Å². The molecular formula is C25H22N2O2. The molecule has 1 amide bonds. The Morgan fingerprint density at radius 1 is 0.931 bits per heavy atom. The number of aromatic nitrogens is 1. The minimum Gasteiger partial charge on any atom is -0.488 e. The maximum atomic E-state index is 13.0. The van der Waals surface area contributed by atoms with Crippen molar-refractivity contribution in [1.82, 2.24) is 10.3 Å². The second kappa shape index (κ2) is 8.57. The molecule has 1 atom stereocenters. The summed E-state index contributed by atoms with van der Waals surface area (Å²) in [5.41, 5.74) is 2.61. The fourth-order valence-corrected chi connectivity index (χ4v) is 3.40. The van der Waals surface area contributed by atoms with Crippen molar-refractivity contribution in [1.29, 1.82) is 0 Å². The van der Waals surface area contributed by atoms with Crippen LogP contribution in [0, 0.1) is 0 Å². The number of pyridine rings is 1. The van der Waals surface area contributed by atoms with E-state index in [2.05, 4.69) is 34.6 Å². The summed E-state index contributed by atoms with van der Waals surface area (Å²) in [6.07, 6.45) is 3.45. The van der Waals surface area contributed by atoms with Gasteiger partial charge in [-0.25, -0.2) is 0 Å². The van der Waals surface area contributed by atoms with Gasteiger partial charge in [0.15, 0.2) is 0 Å². The maximum Gasteiger partial charge on any atom is 0.255 e. The molecule has 0 saturated carbocycles. The molecule has 1 unspecified atom stereocenters. The van der Waals surface area contributed by atoms with Crippen molar-refractivity contribution in [3.63, 3.8) is 0 Å². The van der Waals surface area contributed by atoms with Crippen molar-refractivity contribution in [2.45, 2.75) is 19.6 Å². The number of nitrogens with one attached hydrogen (secondary N) is 1. The Kier molecular flexibility index (Phi) is 5.52. The Labute approximate surface area is 170 Å². The third-order valence-corrected chi connectivity index (χ3v) is 4.91. The van der Waals surface area contributed by atoms with Crippen molar-refractivity contribution < 1.29 is 9.53 Å². The lowest BCUT2D eigenvalue weighted by Crippen LogP contribution is -2.27. The highest BCUT2D eigenvalue weighted by Gasteiger charge is 2.17. The Morgan fingerprint density at radius 3 is 2.52 bits per heavy atom. The van der Waals surface area contributed by atoms with Crippen LogP contribution in [0.2, 0.25) is 0 Å². The second-order valence-corrected chi connectivity index (χ2v) is 6.90. The number of fused-ring (bicyclic) bond motifs is 1. The number of rotatable bonds is 6. The summed E-state index contributed by atoms with van der Waals surface area (Å²) in [7, 11) is 0. The summed E-state index contributed by atoms with van der Waals surface area (Å²) in [6.45, 7) is 2.38. The van der Waals surface area contributed by atoms with Crippen molar-refractivity contribution in [3.05, 3.63) is 108 Å². The molecule has 3 aromatic carbocycles. The van der Waals surface area contributed by atoms with Crippen molar-refractivity contribution in [3.8, 4) is 5.75 Å². The van der Waals surface area contributed by atoms with Crippen LogP contribution in [0.3, 0.4) is 0 Å². The third kappa shape index (κ3) is 4.27. The summed E-state index contributed by atoms with van der Waals surface area (Å²) in [5, 5.41) is 5.42. The van der Waals surface area contributed by atoms with Gasteiger partial charge in [-0.1, -0.05) is 54.6 Å². The monoisotopic (exact) mass is 382 g/mol. The number of hydrogen-bond acceptors (Lipinski definition) is 3. The molecule has 0 bridgehead atoms. The predicted molar refractivity (Wildman–Crippen MR) is 115 cm³/mol. The Hall–Kier alpha value is -3.66. The molecule has 0 aliphatic rings. The van der Waals surface area contributed by atoms with E-state index in [0.717, 1.165) is 21.9 Å². The lowest BCUT2D eigenvalue weighted by Gasteiger charge is -2.18. The minimum absolute atomic E-state index is 0.137.